The number of methoxy groups -OCH3 is 2. The van der Waals surface area contributed by atoms with Crippen LogP contribution >= 0.6 is 0 Å². The summed E-state index contributed by atoms with van der Waals surface area (Å²) in [4.78, 5) is 11.5. The molecule has 1 heterocycles. The van der Waals surface area contributed by atoms with Crippen LogP contribution in [0, 0.1) is 0 Å². The van der Waals surface area contributed by atoms with Crippen molar-refractivity contribution in [2.45, 2.75) is 13.0 Å². The molecule has 1 rings (SSSR count). The first kappa shape index (κ1) is 12.2. The van der Waals surface area contributed by atoms with E-state index in [1.54, 1.807) is 31.5 Å². The van der Waals surface area contributed by atoms with E-state index in [4.69, 9.17) is 9.47 Å². The topological polar surface area (TPSA) is 39.4 Å². The number of hydrogen-bond acceptors (Lipinski definition) is 3. The molecule has 0 amide bonds. The fraction of sp³-hybridized carbons (Fsp3) is 0.333. The van der Waals surface area contributed by atoms with E-state index in [1.807, 2.05) is 4.57 Å². The Kier molecular flexibility index (Phi) is 4.51. The largest absolute Gasteiger partial charge is 0.496 e. The van der Waals surface area contributed by atoms with Gasteiger partial charge in [0, 0.05) is 12.5 Å². The van der Waals surface area contributed by atoms with Crippen molar-refractivity contribution >= 4 is 5.97 Å². The number of carbonyl (C=O) groups is 1. The zero-order valence-corrected chi connectivity index (χ0v) is 9.60. The van der Waals surface area contributed by atoms with Crippen molar-refractivity contribution in [2.75, 3.05) is 14.2 Å². The van der Waals surface area contributed by atoms with E-state index in [1.165, 1.54) is 7.11 Å². The first-order chi connectivity index (χ1) is 7.72. The highest BCUT2D eigenvalue weighted by Crippen LogP contribution is 2.09. The Bertz CT molecular complexity index is 388. The molecule has 0 atom stereocenters. The van der Waals surface area contributed by atoms with Crippen molar-refractivity contribution < 1.29 is 18.8 Å². The van der Waals surface area contributed by atoms with Crippen LogP contribution in [0.5, 0.6) is 5.75 Å². The number of aromatic nitrogens is 1. The summed E-state index contributed by atoms with van der Waals surface area (Å²) >= 11 is 0. The van der Waals surface area contributed by atoms with Crippen molar-refractivity contribution in [3.63, 3.8) is 0 Å². The summed E-state index contributed by atoms with van der Waals surface area (Å²) in [6.07, 6.45) is 4.40. The molecule has 0 saturated carbocycles. The molecule has 0 aliphatic heterocycles. The van der Waals surface area contributed by atoms with Crippen LogP contribution in [0.2, 0.25) is 0 Å². The van der Waals surface area contributed by atoms with Crippen LogP contribution in [0.15, 0.2) is 31.0 Å². The Morgan fingerprint density at radius 2 is 2.31 bits per heavy atom. The third kappa shape index (κ3) is 2.82. The summed E-state index contributed by atoms with van der Waals surface area (Å²) in [5.41, 5.74) is 0.476. The predicted molar refractivity (Wildman–Crippen MR) is 59.3 cm³/mol. The number of carbonyl (C=O) groups excluding carboxylic acids is 1. The molecule has 1 aromatic rings. The number of aryl methyl sites for hydroxylation is 1. The molecule has 0 spiro atoms. The van der Waals surface area contributed by atoms with Crippen LogP contribution < -0.4 is 9.30 Å². The normalized spacial score (nSPS) is 9.62. The maximum absolute atomic E-state index is 11.5. The van der Waals surface area contributed by atoms with Crippen molar-refractivity contribution in [3.8, 4) is 5.75 Å². The van der Waals surface area contributed by atoms with E-state index in [-0.39, 0.29) is 5.97 Å². The molecule has 0 aliphatic rings. The van der Waals surface area contributed by atoms with E-state index in [9.17, 15) is 4.79 Å². The molecular formula is C12H16NO3+. The third-order valence-corrected chi connectivity index (χ3v) is 2.21. The molecule has 4 nitrogen and oxygen atoms in total. The van der Waals surface area contributed by atoms with Gasteiger partial charge in [0.2, 0.25) is 0 Å². The second-order valence-electron chi connectivity index (χ2n) is 3.21. The summed E-state index contributed by atoms with van der Waals surface area (Å²) in [5, 5.41) is 0. The zero-order chi connectivity index (χ0) is 12.0. The molecule has 0 fully saturated rings. The monoisotopic (exact) mass is 222 g/mol. The number of allylic oxidation sites excluding steroid dienone is 1. The molecule has 0 radical (unpaired) electrons. The quantitative estimate of drug-likeness (QED) is 0.429. The van der Waals surface area contributed by atoms with Gasteiger partial charge in [-0.3, -0.25) is 0 Å². The fourth-order valence-corrected chi connectivity index (χ4v) is 1.34. The number of ether oxygens (including phenoxy) is 2. The zero-order valence-electron chi connectivity index (χ0n) is 9.60. The lowest BCUT2D eigenvalue weighted by molar-refractivity contribution is -0.698. The minimum Gasteiger partial charge on any atom is -0.496 e. The summed E-state index contributed by atoms with van der Waals surface area (Å²) in [5.74, 6) is 0.262. The Hall–Kier alpha value is -1.84. The van der Waals surface area contributed by atoms with E-state index in [0.29, 0.717) is 18.0 Å². The summed E-state index contributed by atoms with van der Waals surface area (Å²) in [7, 11) is 2.92. The second kappa shape index (κ2) is 5.90. The van der Waals surface area contributed by atoms with Crippen LogP contribution in [0.4, 0.5) is 0 Å². The van der Waals surface area contributed by atoms with Crippen LogP contribution in [0.25, 0.3) is 0 Å². The van der Waals surface area contributed by atoms with Crippen molar-refractivity contribution in [2.24, 2.45) is 0 Å². The van der Waals surface area contributed by atoms with Gasteiger partial charge in [0.1, 0.15) is 5.75 Å². The molecule has 0 aromatic carbocycles. The maximum atomic E-state index is 11.5. The Morgan fingerprint density at radius 3 is 2.88 bits per heavy atom. The van der Waals surface area contributed by atoms with Gasteiger partial charge in [0.05, 0.1) is 20.3 Å². The van der Waals surface area contributed by atoms with Gasteiger partial charge in [0.15, 0.2) is 12.7 Å². The number of pyridine rings is 1. The molecule has 0 aliphatic carbocycles. The molecule has 0 saturated heterocycles. The second-order valence-corrected chi connectivity index (χ2v) is 3.21. The van der Waals surface area contributed by atoms with Gasteiger partial charge < -0.3 is 9.47 Å². The molecule has 0 unspecified atom stereocenters. The molecule has 0 bridgehead atoms. The van der Waals surface area contributed by atoms with Crippen LogP contribution in [0.1, 0.15) is 16.9 Å². The lowest BCUT2D eigenvalue weighted by Gasteiger charge is -2.03. The summed E-state index contributed by atoms with van der Waals surface area (Å²) in [6, 6.07) is 3.46. The molecule has 0 N–H and O–H groups in total. The smallest absolute Gasteiger partial charge is 0.403 e. The van der Waals surface area contributed by atoms with Crippen LogP contribution in [0.3, 0.4) is 0 Å². The fourth-order valence-electron chi connectivity index (χ4n) is 1.34. The lowest BCUT2D eigenvalue weighted by atomic mass is 10.3. The number of nitrogens with zero attached hydrogens (tertiary/aromatic N) is 1. The molecule has 1 aromatic heterocycles. The first-order valence-electron chi connectivity index (χ1n) is 4.99. The number of hydrogen-bond donors (Lipinski definition) is 0. The highest BCUT2D eigenvalue weighted by Gasteiger charge is 2.20. The van der Waals surface area contributed by atoms with Crippen molar-refractivity contribution in [1.82, 2.24) is 0 Å². The van der Waals surface area contributed by atoms with Gasteiger partial charge in [-0.1, -0.05) is 6.08 Å². The van der Waals surface area contributed by atoms with Gasteiger partial charge in [-0.25, -0.2) is 4.79 Å². The van der Waals surface area contributed by atoms with Gasteiger partial charge in [-0.15, -0.1) is 6.58 Å². The predicted octanol–water partition coefficient (Wildman–Crippen LogP) is 1.35. The first-order valence-corrected chi connectivity index (χ1v) is 4.99. The highest BCUT2D eigenvalue weighted by atomic mass is 16.5. The third-order valence-electron chi connectivity index (χ3n) is 2.21. The number of esters is 1. The van der Waals surface area contributed by atoms with Gasteiger partial charge in [0.25, 0.3) is 5.69 Å². The van der Waals surface area contributed by atoms with E-state index < -0.39 is 0 Å². The minimum atomic E-state index is -0.372. The van der Waals surface area contributed by atoms with E-state index in [2.05, 4.69) is 6.58 Å². The standard InChI is InChI=1S/C12H16NO3/c1-4-5-7-13-8-6-10(15-2)9-11(13)12(14)16-3/h4,6,8-9H,1,5,7H2,2-3H3/q+1. The maximum Gasteiger partial charge on any atom is 0.403 e. The Labute approximate surface area is 95.1 Å². The molecule has 86 valence electrons. The molecule has 4 heteroatoms. The van der Waals surface area contributed by atoms with Gasteiger partial charge in [-0.2, -0.15) is 4.57 Å². The Morgan fingerprint density at radius 1 is 1.56 bits per heavy atom. The Balaban J connectivity index is 3.05. The molecular weight excluding hydrogens is 206 g/mol. The summed E-state index contributed by atoms with van der Waals surface area (Å²) < 4.78 is 11.6. The van der Waals surface area contributed by atoms with Crippen molar-refractivity contribution in [1.29, 1.82) is 0 Å². The van der Waals surface area contributed by atoms with Crippen molar-refractivity contribution in [3.05, 3.63) is 36.7 Å². The van der Waals surface area contributed by atoms with Crippen LogP contribution in [-0.2, 0) is 11.3 Å². The average molecular weight is 222 g/mol. The van der Waals surface area contributed by atoms with E-state index in [0.717, 1.165) is 6.42 Å². The van der Waals surface area contributed by atoms with E-state index >= 15 is 0 Å². The number of rotatable bonds is 5. The molecule has 16 heavy (non-hydrogen) atoms. The summed E-state index contributed by atoms with van der Waals surface area (Å²) in [6.45, 7) is 4.34. The van der Waals surface area contributed by atoms with Gasteiger partial charge >= 0.3 is 5.97 Å². The lowest BCUT2D eigenvalue weighted by Crippen LogP contribution is -2.40. The van der Waals surface area contributed by atoms with Crippen LogP contribution in [-0.4, -0.2) is 20.2 Å². The highest BCUT2D eigenvalue weighted by molar-refractivity contribution is 5.85. The average Bonchev–Trinajstić information content (AvgIpc) is 2.35. The van der Waals surface area contributed by atoms with Gasteiger partial charge in [-0.05, 0) is 0 Å². The minimum absolute atomic E-state index is 0.372. The SMILES string of the molecule is C=CCC[n+]1ccc(OC)cc1C(=O)OC.